The number of hydrogen-bond acceptors (Lipinski definition) is 7. The second-order valence-corrected chi connectivity index (χ2v) is 9.18. The minimum Gasteiger partial charge on any atom is -0.491 e. The maximum absolute atomic E-state index is 7.23. The molecule has 0 aromatic heterocycles. The van der Waals surface area contributed by atoms with Gasteiger partial charge in [0.05, 0.1) is 25.4 Å². The predicted molar refractivity (Wildman–Crippen MR) is 129 cm³/mol. The van der Waals surface area contributed by atoms with Gasteiger partial charge in [0.2, 0.25) is 0 Å². The molecule has 35 heavy (non-hydrogen) atoms. The number of rotatable bonds is 12. The largest absolute Gasteiger partial charge is 0.491 e. The van der Waals surface area contributed by atoms with Crippen molar-refractivity contribution in [2.45, 2.75) is 23.9 Å². The first-order valence-electron chi connectivity index (χ1n) is 12.0. The van der Waals surface area contributed by atoms with Crippen LogP contribution < -0.4 is 19.9 Å². The van der Waals surface area contributed by atoms with Crippen LogP contribution in [0.1, 0.15) is 16.7 Å². The topological polar surface area (TPSA) is 91.3 Å². The maximum atomic E-state index is 7.23. The van der Waals surface area contributed by atoms with Gasteiger partial charge in [0, 0.05) is 0 Å². The molecule has 0 bridgehead atoms. The normalized spacial score (nSPS) is 23.7. The van der Waals surface area contributed by atoms with Crippen molar-refractivity contribution in [2.24, 2.45) is 5.73 Å². The molecule has 7 heteroatoms. The second-order valence-electron chi connectivity index (χ2n) is 9.18. The molecule has 7 nitrogen and oxygen atoms in total. The Balaban J connectivity index is 1.26. The van der Waals surface area contributed by atoms with Gasteiger partial charge in [0.25, 0.3) is 0 Å². The predicted octanol–water partition coefficient (Wildman–Crippen LogP) is 3.27. The van der Waals surface area contributed by atoms with Gasteiger partial charge in [-0.3, -0.25) is 0 Å². The fraction of sp³-hybridized carbons (Fsp3) is 0.357. The number of hydrogen-bond donors (Lipinski definition) is 1. The van der Waals surface area contributed by atoms with Gasteiger partial charge in [0.15, 0.2) is 0 Å². The fourth-order valence-electron chi connectivity index (χ4n) is 4.00. The second kappa shape index (κ2) is 9.51. The van der Waals surface area contributed by atoms with E-state index in [1.165, 1.54) is 0 Å². The highest BCUT2D eigenvalue weighted by Crippen LogP contribution is 2.37. The molecule has 3 heterocycles. The van der Waals surface area contributed by atoms with Crippen LogP contribution in [-0.4, -0.2) is 58.0 Å². The quantitative estimate of drug-likeness (QED) is 0.318. The molecule has 3 aliphatic rings. The molecule has 0 amide bonds. The van der Waals surface area contributed by atoms with Gasteiger partial charge in [-0.15, -0.1) is 0 Å². The van der Waals surface area contributed by atoms with Crippen LogP contribution in [0.3, 0.4) is 0 Å². The minimum atomic E-state index is -0.881. The molecule has 3 aromatic carbocycles. The zero-order valence-corrected chi connectivity index (χ0v) is 19.4. The molecule has 3 atom stereocenters. The highest BCUT2D eigenvalue weighted by Gasteiger charge is 2.33. The lowest BCUT2D eigenvalue weighted by Crippen LogP contribution is -2.39. The van der Waals surface area contributed by atoms with Crippen molar-refractivity contribution in [3.63, 3.8) is 0 Å². The van der Waals surface area contributed by atoms with Crippen molar-refractivity contribution >= 4 is 0 Å². The van der Waals surface area contributed by atoms with E-state index in [2.05, 4.69) is 0 Å². The van der Waals surface area contributed by atoms with E-state index < -0.39 is 5.54 Å². The van der Waals surface area contributed by atoms with E-state index >= 15 is 0 Å². The summed E-state index contributed by atoms with van der Waals surface area (Å²) in [6.45, 7) is 4.00. The summed E-state index contributed by atoms with van der Waals surface area (Å²) in [4.78, 5) is 0. The lowest BCUT2D eigenvalue weighted by atomic mass is 9.78. The highest BCUT2D eigenvalue weighted by atomic mass is 16.6. The van der Waals surface area contributed by atoms with Crippen molar-refractivity contribution in [2.75, 3.05) is 39.6 Å². The average Bonchev–Trinajstić information content (AvgIpc) is 3.76. The van der Waals surface area contributed by atoms with Gasteiger partial charge in [-0.1, -0.05) is 36.4 Å². The molecule has 0 aliphatic carbocycles. The summed E-state index contributed by atoms with van der Waals surface area (Å²) in [7, 11) is 0. The van der Waals surface area contributed by atoms with Crippen LogP contribution in [0.15, 0.2) is 72.8 Å². The van der Waals surface area contributed by atoms with Crippen molar-refractivity contribution in [3.05, 3.63) is 89.5 Å². The summed E-state index contributed by atoms with van der Waals surface area (Å²) < 4.78 is 33.2. The smallest absolute Gasteiger partial charge is 0.119 e. The van der Waals surface area contributed by atoms with Gasteiger partial charge in [-0.05, 0) is 53.1 Å². The van der Waals surface area contributed by atoms with Gasteiger partial charge in [0.1, 0.15) is 55.4 Å². The Hall–Kier alpha value is -3.10. The van der Waals surface area contributed by atoms with Crippen molar-refractivity contribution < 1.29 is 28.4 Å². The van der Waals surface area contributed by atoms with Crippen LogP contribution in [0.4, 0.5) is 0 Å². The average molecular weight is 476 g/mol. The van der Waals surface area contributed by atoms with Crippen LogP contribution in [0, 0.1) is 0 Å². The summed E-state index contributed by atoms with van der Waals surface area (Å²) in [6.07, 6.45) is 0.632. The van der Waals surface area contributed by atoms with E-state index in [0.717, 1.165) is 53.8 Å². The summed E-state index contributed by atoms with van der Waals surface area (Å²) >= 11 is 0. The Morgan fingerprint density at radius 2 is 0.800 bits per heavy atom. The number of epoxide rings is 3. The van der Waals surface area contributed by atoms with Crippen LogP contribution in [0.5, 0.6) is 17.2 Å². The first-order valence-corrected chi connectivity index (χ1v) is 12.0. The molecule has 3 aromatic rings. The third-order valence-corrected chi connectivity index (χ3v) is 6.44. The highest BCUT2D eigenvalue weighted by molar-refractivity contribution is 5.51. The molecule has 0 saturated carbocycles. The molecular formula is C28H29NO6. The molecule has 3 saturated heterocycles. The van der Waals surface area contributed by atoms with E-state index in [9.17, 15) is 0 Å². The summed E-state index contributed by atoms with van der Waals surface area (Å²) in [5, 5.41) is 0. The van der Waals surface area contributed by atoms with E-state index in [-0.39, 0.29) is 18.3 Å². The molecule has 3 fully saturated rings. The van der Waals surface area contributed by atoms with Crippen LogP contribution in [-0.2, 0) is 19.7 Å². The van der Waals surface area contributed by atoms with E-state index in [1.807, 2.05) is 72.8 Å². The standard InChI is InChI=1S/C28H29NO6/c29-28(19-1-7-22(8-2-19)30-13-25-16-33-25,20-3-9-23(10-4-20)31-14-26-17-34-26)21-5-11-24(12-6-21)32-15-27-18-35-27/h1-12,25-27H,13-18,29H2. The van der Waals surface area contributed by atoms with Gasteiger partial charge in [-0.2, -0.15) is 0 Å². The Bertz CT molecular complexity index is 975. The monoisotopic (exact) mass is 475 g/mol. The Labute approximate surface area is 204 Å². The SMILES string of the molecule is NC(c1ccc(OCC2CO2)cc1)(c1ccc(OCC2CO2)cc1)c1ccc(OCC2CO2)cc1. The number of benzene rings is 3. The van der Waals surface area contributed by atoms with E-state index in [1.54, 1.807) is 0 Å². The van der Waals surface area contributed by atoms with Crippen molar-refractivity contribution in [1.82, 2.24) is 0 Å². The molecule has 2 N–H and O–H groups in total. The van der Waals surface area contributed by atoms with Crippen molar-refractivity contribution in [1.29, 1.82) is 0 Å². The lowest BCUT2D eigenvalue weighted by molar-refractivity contribution is 0.262. The van der Waals surface area contributed by atoms with Gasteiger partial charge < -0.3 is 34.2 Å². The van der Waals surface area contributed by atoms with Gasteiger partial charge >= 0.3 is 0 Å². The molecule has 0 spiro atoms. The molecule has 3 aliphatic heterocycles. The summed E-state index contributed by atoms with van der Waals surface area (Å²) in [5.74, 6) is 2.39. The van der Waals surface area contributed by atoms with Crippen LogP contribution in [0.2, 0.25) is 0 Å². The first-order chi connectivity index (χ1) is 17.2. The van der Waals surface area contributed by atoms with E-state index in [4.69, 9.17) is 34.2 Å². The molecule has 6 rings (SSSR count). The first kappa shape index (κ1) is 22.4. The van der Waals surface area contributed by atoms with Gasteiger partial charge in [-0.25, -0.2) is 0 Å². The zero-order chi connectivity index (χ0) is 23.7. The zero-order valence-electron chi connectivity index (χ0n) is 19.4. The fourth-order valence-corrected chi connectivity index (χ4v) is 4.00. The molecular weight excluding hydrogens is 446 g/mol. The Kier molecular flexibility index (Phi) is 6.08. The van der Waals surface area contributed by atoms with E-state index in [0.29, 0.717) is 19.8 Å². The number of ether oxygens (including phenoxy) is 6. The molecule has 182 valence electrons. The molecule has 0 radical (unpaired) electrons. The van der Waals surface area contributed by atoms with Crippen LogP contribution >= 0.6 is 0 Å². The van der Waals surface area contributed by atoms with Crippen molar-refractivity contribution in [3.8, 4) is 17.2 Å². The number of nitrogens with two attached hydrogens (primary N) is 1. The minimum absolute atomic E-state index is 0.211. The Morgan fingerprint density at radius 1 is 0.543 bits per heavy atom. The Morgan fingerprint density at radius 3 is 1.03 bits per heavy atom. The third-order valence-electron chi connectivity index (χ3n) is 6.44. The van der Waals surface area contributed by atoms with Crippen LogP contribution in [0.25, 0.3) is 0 Å². The maximum Gasteiger partial charge on any atom is 0.119 e. The summed E-state index contributed by atoms with van der Waals surface area (Å²) in [5.41, 5.74) is 9.20. The summed E-state index contributed by atoms with van der Waals surface area (Å²) in [6, 6.07) is 23.9. The molecule has 3 unspecified atom stereocenters. The third kappa shape index (κ3) is 5.44. The lowest BCUT2D eigenvalue weighted by Gasteiger charge is -2.32.